The number of amides is 1. The Bertz CT molecular complexity index is 678. The molecule has 1 aliphatic rings. The maximum absolute atomic E-state index is 11.3. The minimum atomic E-state index is -0.0401. The molecule has 1 atom stereocenters. The number of fused-ring (bicyclic) bond motifs is 1. The third-order valence-electron chi connectivity index (χ3n) is 3.10. The van der Waals surface area contributed by atoms with Crippen molar-refractivity contribution in [1.82, 2.24) is 10.4 Å². The molecule has 0 bridgehead atoms. The molecule has 0 saturated heterocycles. The van der Waals surface area contributed by atoms with Crippen LogP contribution in [0.3, 0.4) is 0 Å². The van der Waals surface area contributed by atoms with Crippen LogP contribution in [-0.2, 0) is 4.79 Å². The van der Waals surface area contributed by atoms with Crippen LogP contribution in [0, 0.1) is 5.92 Å². The lowest BCUT2D eigenvalue weighted by Crippen LogP contribution is -2.31. The maximum Gasteiger partial charge on any atom is 0.256 e. The van der Waals surface area contributed by atoms with Crippen LogP contribution < -0.4 is 5.43 Å². The topological polar surface area (TPSA) is 67.5 Å². The lowest BCUT2D eigenvalue weighted by molar-refractivity contribution is -0.121. The Balaban J connectivity index is 2.03. The number of benzene rings is 1. The summed E-state index contributed by atoms with van der Waals surface area (Å²) in [6, 6.07) is 5.80. The van der Waals surface area contributed by atoms with Crippen molar-refractivity contribution < 1.29 is 9.21 Å². The Hall–Kier alpha value is -1.82. The van der Waals surface area contributed by atoms with Gasteiger partial charge in [0, 0.05) is 17.9 Å². The highest BCUT2D eigenvalue weighted by atomic mass is 32.2. The molecule has 0 spiro atoms. The van der Waals surface area contributed by atoms with E-state index in [1.54, 1.807) is 0 Å². The Morgan fingerprint density at radius 2 is 2.32 bits per heavy atom. The quantitative estimate of drug-likeness (QED) is 0.855. The molecule has 1 aliphatic heterocycles. The molecular weight excluding hydrogens is 262 g/mol. The fourth-order valence-corrected chi connectivity index (χ4v) is 2.52. The van der Waals surface area contributed by atoms with Gasteiger partial charge < -0.3 is 4.42 Å². The second-order valence-electron chi connectivity index (χ2n) is 4.50. The first-order valence-corrected chi connectivity index (χ1v) is 7.21. The summed E-state index contributed by atoms with van der Waals surface area (Å²) < 4.78 is 5.61. The van der Waals surface area contributed by atoms with Crippen molar-refractivity contribution in [3.8, 4) is 0 Å². The van der Waals surface area contributed by atoms with Gasteiger partial charge in [0.2, 0.25) is 5.91 Å². The van der Waals surface area contributed by atoms with Gasteiger partial charge in [-0.2, -0.15) is 5.10 Å². The molecule has 1 N–H and O–H groups in total. The Morgan fingerprint density at radius 3 is 3.05 bits per heavy atom. The van der Waals surface area contributed by atoms with Gasteiger partial charge in [0.1, 0.15) is 5.52 Å². The summed E-state index contributed by atoms with van der Waals surface area (Å²) >= 11 is 1.47. The number of aromatic nitrogens is 1. The zero-order valence-corrected chi connectivity index (χ0v) is 11.5. The van der Waals surface area contributed by atoms with Gasteiger partial charge in [-0.1, -0.05) is 24.8 Å². The summed E-state index contributed by atoms with van der Waals surface area (Å²) in [4.78, 5) is 15.6. The van der Waals surface area contributed by atoms with Gasteiger partial charge in [0.15, 0.2) is 5.58 Å². The highest BCUT2D eigenvalue weighted by Crippen LogP contribution is 2.24. The van der Waals surface area contributed by atoms with E-state index in [-0.39, 0.29) is 11.8 Å². The lowest BCUT2D eigenvalue weighted by Gasteiger charge is -2.18. The van der Waals surface area contributed by atoms with Crippen molar-refractivity contribution in [3.05, 3.63) is 23.8 Å². The molecule has 0 radical (unpaired) electrons. The van der Waals surface area contributed by atoms with Crippen LogP contribution in [0.2, 0.25) is 0 Å². The number of nitrogens with one attached hydrogen (secondary N) is 1. The van der Waals surface area contributed by atoms with Gasteiger partial charge in [-0.15, -0.1) is 0 Å². The van der Waals surface area contributed by atoms with Crippen molar-refractivity contribution >= 4 is 34.5 Å². The molecule has 98 valence electrons. The predicted molar refractivity (Wildman–Crippen MR) is 74.3 cm³/mol. The van der Waals surface area contributed by atoms with Gasteiger partial charge in [0.05, 0.1) is 5.71 Å². The number of rotatable bonds is 2. The van der Waals surface area contributed by atoms with Gasteiger partial charge in [-0.3, -0.25) is 4.79 Å². The van der Waals surface area contributed by atoms with Crippen molar-refractivity contribution in [1.29, 1.82) is 0 Å². The van der Waals surface area contributed by atoms with E-state index in [1.165, 1.54) is 11.8 Å². The Kier molecular flexibility index (Phi) is 3.02. The number of carbonyl (C=O) groups is 1. The summed E-state index contributed by atoms with van der Waals surface area (Å²) in [5, 5.41) is 4.80. The van der Waals surface area contributed by atoms with E-state index in [2.05, 4.69) is 15.5 Å². The second kappa shape index (κ2) is 4.70. The first kappa shape index (κ1) is 12.2. The van der Waals surface area contributed by atoms with E-state index in [1.807, 2.05) is 31.4 Å². The zero-order chi connectivity index (χ0) is 13.4. The minimum absolute atomic E-state index is 0.0401. The van der Waals surface area contributed by atoms with Crippen LogP contribution in [0.15, 0.2) is 32.9 Å². The van der Waals surface area contributed by atoms with Crippen molar-refractivity contribution in [2.45, 2.75) is 18.6 Å². The second-order valence-corrected chi connectivity index (χ2v) is 5.26. The molecule has 0 aliphatic carbocycles. The molecule has 6 heteroatoms. The molecule has 2 aromatic rings. The third kappa shape index (κ3) is 2.23. The van der Waals surface area contributed by atoms with E-state index >= 15 is 0 Å². The minimum Gasteiger partial charge on any atom is -0.431 e. The summed E-state index contributed by atoms with van der Waals surface area (Å²) in [5.41, 5.74) is 5.94. The highest BCUT2D eigenvalue weighted by Gasteiger charge is 2.22. The Morgan fingerprint density at radius 1 is 1.47 bits per heavy atom. The number of thioether (sulfide) groups is 1. The summed E-state index contributed by atoms with van der Waals surface area (Å²) in [6.07, 6.45) is 2.39. The third-order valence-corrected chi connectivity index (χ3v) is 3.62. The molecule has 3 rings (SSSR count). The molecule has 2 heterocycles. The molecule has 1 aromatic carbocycles. The van der Waals surface area contributed by atoms with Crippen LogP contribution in [0.4, 0.5) is 0 Å². The van der Waals surface area contributed by atoms with E-state index in [0.717, 1.165) is 22.4 Å². The van der Waals surface area contributed by atoms with Gasteiger partial charge in [-0.25, -0.2) is 10.4 Å². The SMILES string of the molecule is CSc1nc2ccc(C3=NNC(=O)CC3C)cc2o1. The van der Waals surface area contributed by atoms with Crippen LogP contribution in [0.5, 0.6) is 0 Å². The average molecular weight is 275 g/mol. The van der Waals surface area contributed by atoms with Crippen LogP contribution in [-0.4, -0.2) is 22.9 Å². The summed E-state index contributed by atoms with van der Waals surface area (Å²) in [7, 11) is 0. The maximum atomic E-state index is 11.3. The van der Waals surface area contributed by atoms with Crippen molar-refractivity contribution in [2.75, 3.05) is 6.26 Å². The summed E-state index contributed by atoms with van der Waals surface area (Å²) in [5.74, 6) is 0.0656. The smallest absolute Gasteiger partial charge is 0.256 e. The number of nitrogens with zero attached hydrogens (tertiary/aromatic N) is 2. The molecule has 0 saturated carbocycles. The molecule has 5 nitrogen and oxygen atoms in total. The van der Waals surface area contributed by atoms with Gasteiger partial charge in [-0.05, 0) is 18.4 Å². The standard InChI is InChI=1S/C13H13N3O2S/c1-7-5-11(17)15-16-12(7)8-3-4-9-10(6-8)18-13(14-9)19-2/h3-4,6-7H,5H2,1-2H3,(H,15,17). The van der Waals surface area contributed by atoms with Crippen LogP contribution >= 0.6 is 11.8 Å². The first-order valence-electron chi connectivity index (χ1n) is 5.99. The van der Waals surface area contributed by atoms with Crippen LogP contribution in [0.25, 0.3) is 11.1 Å². The average Bonchev–Trinajstić information content (AvgIpc) is 2.80. The number of carbonyl (C=O) groups excluding carboxylic acids is 1. The zero-order valence-electron chi connectivity index (χ0n) is 10.6. The van der Waals surface area contributed by atoms with E-state index in [9.17, 15) is 4.79 Å². The molecule has 1 unspecified atom stereocenters. The van der Waals surface area contributed by atoms with E-state index in [4.69, 9.17) is 4.42 Å². The van der Waals surface area contributed by atoms with E-state index < -0.39 is 0 Å². The van der Waals surface area contributed by atoms with Crippen LogP contribution in [0.1, 0.15) is 18.9 Å². The van der Waals surface area contributed by atoms with Crippen molar-refractivity contribution in [3.63, 3.8) is 0 Å². The number of hydrogen-bond donors (Lipinski definition) is 1. The molecule has 1 aromatic heterocycles. The Labute approximate surface area is 114 Å². The molecule has 19 heavy (non-hydrogen) atoms. The largest absolute Gasteiger partial charge is 0.431 e. The highest BCUT2D eigenvalue weighted by molar-refractivity contribution is 7.98. The lowest BCUT2D eigenvalue weighted by atomic mass is 9.94. The molecular formula is C13H13N3O2S. The van der Waals surface area contributed by atoms with Gasteiger partial charge in [0.25, 0.3) is 5.22 Å². The molecule has 0 fully saturated rings. The summed E-state index contributed by atoms with van der Waals surface area (Å²) in [6.45, 7) is 2.00. The van der Waals surface area contributed by atoms with Gasteiger partial charge >= 0.3 is 0 Å². The van der Waals surface area contributed by atoms with Crippen molar-refractivity contribution in [2.24, 2.45) is 11.0 Å². The van der Waals surface area contributed by atoms with E-state index in [0.29, 0.717) is 11.6 Å². The first-order chi connectivity index (χ1) is 9.17. The number of oxazole rings is 1. The normalized spacial score (nSPS) is 19.4. The molecule has 1 amide bonds. The predicted octanol–water partition coefficient (Wildman–Crippen LogP) is 2.41. The fourth-order valence-electron chi connectivity index (χ4n) is 2.15. The monoisotopic (exact) mass is 275 g/mol. The number of hydrogen-bond acceptors (Lipinski definition) is 5. The fraction of sp³-hybridized carbons (Fsp3) is 0.308. The number of hydrazone groups is 1.